The topological polar surface area (TPSA) is 76.0 Å². The standard InChI is InChI=1S/C20H20N4O2/c1-13(14-7-3-2-4-8-14)24-17-10-6-5-9-15(17)22-20(24)23-19(26)16-11-12-18(25)21-16/h2-10,13,16H,11-12H2,1H3,(H,21,25)(H,22,23,26)/t13-,16+/m1/s1. The Hall–Kier alpha value is -3.15. The van der Waals surface area contributed by atoms with Crippen molar-refractivity contribution in [3.8, 4) is 0 Å². The molecule has 2 aromatic carbocycles. The van der Waals surface area contributed by atoms with Crippen molar-refractivity contribution >= 4 is 28.8 Å². The van der Waals surface area contributed by atoms with Crippen LogP contribution in [0.4, 0.5) is 5.95 Å². The maximum atomic E-state index is 12.6. The predicted octanol–water partition coefficient (Wildman–Crippen LogP) is 2.86. The summed E-state index contributed by atoms with van der Waals surface area (Å²) in [6, 6.07) is 17.4. The first-order chi connectivity index (χ1) is 12.6. The van der Waals surface area contributed by atoms with Crippen molar-refractivity contribution in [2.45, 2.75) is 31.8 Å². The van der Waals surface area contributed by atoms with Crippen molar-refractivity contribution in [1.82, 2.24) is 14.9 Å². The molecule has 6 heteroatoms. The quantitative estimate of drug-likeness (QED) is 0.761. The Balaban J connectivity index is 1.72. The lowest BCUT2D eigenvalue weighted by Crippen LogP contribution is -2.38. The zero-order chi connectivity index (χ0) is 18.1. The predicted molar refractivity (Wildman–Crippen MR) is 99.8 cm³/mol. The first-order valence-corrected chi connectivity index (χ1v) is 8.75. The third kappa shape index (κ3) is 2.94. The smallest absolute Gasteiger partial charge is 0.249 e. The summed E-state index contributed by atoms with van der Waals surface area (Å²) in [7, 11) is 0. The molecule has 0 saturated carbocycles. The molecule has 1 fully saturated rings. The van der Waals surface area contributed by atoms with E-state index in [0.29, 0.717) is 18.8 Å². The van der Waals surface area contributed by atoms with E-state index in [1.54, 1.807) is 0 Å². The molecule has 2 amide bonds. The maximum Gasteiger partial charge on any atom is 0.249 e. The molecule has 0 spiro atoms. The lowest BCUT2D eigenvalue weighted by atomic mass is 10.1. The van der Waals surface area contributed by atoms with Gasteiger partial charge in [-0.2, -0.15) is 0 Å². The number of hydrogen-bond donors (Lipinski definition) is 2. The Morgan fingerprint density at radius 1 is 1.19 bits per heavy atom. The number of nitrogens with one attached hydrogen (secondary N) is 2. The molecular weight excluding hydrogens is 328 g/mol. The number of fused-ring (bicyclic) bond motifs is 1. The van der Waals surface area contributed by atoms with Crippen molar-refractivity contribution in [1.29, 1.82) is 0 Å². The van der Waals surface area contributed by atoms with Crippen molar-refractivity contribution in [3.63, 3.8) is 0 Å². The van der Waals surface area contributed by atoms with Crippen molar-refractivity contribution in [2.24, 2.45) is 0 Å². The van der Waals surface area contributed by atoms with E-state index in [2.05, 4.69) is 34.7 Å². The van der Waals surface area contributed by atoms with Gasteiger partial charge in [0, 0.05) is 6.42 Å². The molecule has 1 aromatic heterocycles. The summed E-state index contributed by atoms with van der Waals surface area (Å²) in [6.45, 7) is 2.08. The highest BCUT2D eigenvalue weighted by atomic mass is 16.2. The molecule has 2 atom stereocenters. The summed E-state index contributed by atoms with van der Waals surface area (Å²) in [5.74, 6) is 0.178. The fourth-order valence-electron chi connectivity index (χ4n) is 3.41. The van der Waals surface area contributed by atoms with Crippen LogP contribution >= 0.6 is 0 Å². The number of carbonyl (C=O) groups excluding carboxylic acids is 2. The van der Waals surface area contributed by atoms with Gasteiger partial charge in [-0.3, -0.25) is 14.9 Å². The van der Waals surface area contributed by atoms with Crippen LogP contribution in [0.5, 0.6) is 0 Å². The van der Waals surface area contributed by atoms with E-state index in [1.807, 2.05) is 47.0 Å². The Morgan fingerprint density at radius 3 is 2.65 bits per heavy atom. The van der Waals surface area contributed by atoms with Crippen molar-refractivity contribution in [2.75, 3.05) is 5.32 Å². The van der Waals surface area contributed by atoms with Gasteiger partial charge in [-0.25, -0.2) is 4.98 Å². The third-order valence-corrected chi connectivity index (χ3v) is 4.81. The zero-order valence-corrected chi connectivity index (χ0v) is 14.5. The second-order valence-electron chi connectivity index (χ2n) is 6.53. The Kier molecular flexibility index (Phi) is 4.16. The minimum Gasteiger partial charge on any atom is -0.344 e. The molecule has 2 heterocycles. The van der Waals surface area contributed by atoms with Crippen LogP contribution in [0.25, 0.3) is 11.0 Å². The van der Waals surface area contributed by atoms with E-state index in [-0.39, 0.29) is 17.9 Å². The van der Waals surface area contributed by atoms with Crippen LogP contribution in [-0.4, -0.2) is 27.4 Å². The highest BCUT2D eigenvalue weighted by Crippen LogP contribution is 2.28. The highest BCUT2D eigenvalue weighted by Gasteiger charge is 2.29. The average molecular weight is 348 g/mol. The number of nitrogens with zero attached hydrogens (tertiary/aromatic N) is 2. The summed E-state index contributed by atoms with van der Waals surface area (Å²) in [4.78, 5) is 28.6. The summed E-state index contributed by atoms with van der Waals surface area (Å²) in [6.07, 6.45) is 0.897. The molecule has 1 saturated heterocycles. The van der Waals surface area contributed by atoms with Crippen LogP contribution in [0.2, 0.25) is 0 Å². The van der Waals surface area contributed by atoms with Crippen LogP contribution < -0.4 is 10.6 Å². The Bertz CT molecular complexity index is 964. The minimum absolute atomic E-state index is 0.00271. The Morgan fingerprint density at radius 2 is 1.92 bits per heavy atom. The lowest BCUT2D eigenvalue weighted by Gasteiger charge is -2.19. The molecule has 2 N–H and O–H groups in total. The maximum absolute atomic E-state index is 12.6. The van der Waals surface area contributed by atoms with Gasteiger partial charge in [0.05, 0.1) is 17.1 Å². The molecule has 6 nitrogen and oxygen atoms in total. The molecule has 4 rings (SSSR count). The van der Waals surface area contributed by atoms with Gasteiger partial charge in [0.15, 0.2) is 0 Å². The first kappa shape index (κ1) is 16.3. The van der Waals surface area contributed by atoms with Gasteiger partial charge in [0.25, 0.3) is 0 Å². The first-order valence-electron chi connectivity index (χ1n) is 8.75. The summed E-state index contributed by atoms with van der Waals surface area (Å²) in [5.41, 5.74) is 2.90. The molecule has 26 heavy (non-hydrogen) atoms. The third-order valence-electron chi connectivity index (χ3n) is 4.81. The molecule has 1 aliphatic heterocycles. The number of amides is 2. The van der Waals surface area contributed by atoms with Crippen LogP contribution in [0.3, 0.4) is 0 Å². The van der Waals surface area contributed by atoms with E-state index < -0.39 is 6.04 Å². The Labute approximate surface area is 151 Å². The van der Waals surface area contributed by atoms with Crippen LogP contribution in [0, 0.1) is 0 Å². The number of anilines is 1. The van der Waals surface area contributed by atoms with Crippen LogP contribution in [0.1, 0.15) is 31.4 Å². The molecular formula is C20H20N4O2. The lowest BCUT2D eigenvalue weighted by molar-refractivity contribution is -0.122. The minimum atomic E-state index is -0.497. The van der Waals surface area contributed by atoms with Crippen molar-refractivity contribution < 1.29 is 9.59 Å². The van der Waals surface area contributed by atoms with Gasteiger partial charge in [-0.1, -0.05) is 42.5 Å². The molecule has 3 aromatic rings. The number of aromatic nitrogens is 2. The molecule has 0 unspecified atom stereocenters. The van der Waals surface area contributed by atoms with Crippen LogP contribution in [0.15, 0.2) is 54.6 Å². The molecule has 0 radical (unpaired) electrons. The van der Waals surface area contributed by atoms with E-state index >= 15 is 0 Å². The average Bonchev–Trinajstić information content (AvgIpc) is 3.25. The van der Waals surface area contributed by atoms with Crippen molar-refractivity contribution in [3.05, 3.63) is 60.2 Å². The second-order valence-corrected chi connectivity index (χ2v) is 6.53. The number of imidazole rings is 1. The summed E-state index contributed by atoms with van der Waals surface area (Å²) < 4.78 is 2.03. The summed E-state index contributed by atoms with van der Waals surface area (Å²) >= 11 is 0. The number of hydrogen-bond acceptors (Lipinski definition) is 3. The molecule has 132 valence electrons. The van der Waals surface area contributed by atoms with E-state index in [0.717, 1.165) is 16.6 Å². The van der Waals surface area contributed by atoms with Gasteiger partial charge >= 0.3 is 0 Å². The fraction of sp³-hybridized carbons (Fsp3) is 0.250. The van der Waals surface area contributed by atoms with E-state index in [1.165, 1.54) is 0 Å². The van der Waals surface area contributed by atoms with Gasteiger partial charge < -0.3 is 9.88 Å². The molecule has 1 aliphatic rings. The van der Waals surface area contributed by atoms with Gasteiger partial charge in [0.1, 0.15) is 6.04 Å². The fourth-order valence-corrected chi connectivity index (χ4v) is 3.41. The second kappa shape index (κ2) is 6.63. The van der Waals surface area contributed by atoms with Gasteiger partial charge in [-0.15, -0.1) is 0 Å². The van der Waals surface area contributed by atoms with E-state index in [9.17, 15) is 9.59 Å². The highest BCUT2D eigenvalue weighted by molar-refractivity contribution is 5.99. The van der Waals surface area contributed by atoms with Crippen LogP contribution in [-0.2, 0) is 9.59 Å². The number of para-hydroxylation sites is 2. The zero-order valence-electron chi connectivity index (χ0n) is 14.5. The number of rotatable bonds is 4. The number of benzene rings is 2. The monoisotopic (exact) mass is 348 g/mol. The number of carbonyl (C=O) groups is 2. The SMILES string of the molecule is C[C@H](c1ccccc1)n1c(NC(=O)[C@@H]2CCC(=O)N2)nc2ccccc21. The van der Waals surface area contributed by atoms with Gasteiger partial charge in [0.2, 0.25) is 17.8 Å². The van der Waals surface area contributed by atoms with Gasteiger partial charge in [-0.05, 0) is 31.0 Å². The molecule has 0 bridgehead atoms. The summed E-state index contributed by atoms with van der Waals surface area (Å²) in [5, 5.41) is 5.61. The largest absolute Gasteiger partial charge is 0.344 e. The normalized spacial score (nSPS) is 17.9. The molecule has 0 aliphatic carbocycles. The van der Waals surface area contributed by atoms with E-state index in [4.69, 9.17) is 0 Å².